The topological polar surface area (TPSA) is 94.1 Å². The molecule has 0 spiro atoms. The predicted octanol–water partition coefficient (Wildman–Crippen LogP) is 14.8. The zero-order chi connectivity index (χ0) is 45.5. The lowest BCUT2D eigenvalue weighted by molar-refractivity contribution is -0.870. The van der Waals surface area contributed by atoms with Crippen molar-refractivity contribution < 1.29 is 37.3 Å². The molecule has 0 aliphatic carbocycles. The van der Waals surface area contributed by atoms with Gasteiger partial charge in [-0.05, 0) is 77.0 Å². The first kappa shape index (κ1) is 59.9. The second-order valence-corrected chi connectivity index (χ2v) is 19.2. The molecule has 0 aromatic carbocycles. The summed E-state index contributed by atoms with van der Waals surface area (Å²) in [7, 11) is 1.34. The number of hydrogen-bond acceptors (Lipinski definition) is 7. The molecule has 0 heterocycles. The van der Waals surface area contributed by atoms with E-state index in [0.717, 1.165) is 77.0 Å². The maximum absolute atomic E-state index is 12.7. The summed E-state index contributed by atoms with van der Waals surface area (Å²) in [5, 5.41) is 0. The van der Waals surface area contributed by atoms with Crippen LogP contribution < -0.4 is 4.89 Å². The number of phosphoric ester groups is 1. The molecular weight excluding hydrogens is 794 g/mol. The average Bonchev–Trinajstić information content (AvgIpc) is 3.23. The number of phosphoric acid groups is 1. The molecule has 0 aliphatic rings. The molecule has 0 amide bonds. The Hall–Kier alpha value is -2.06. The number of likely N-dealkylation sites (N-methyl/N-ethyl adjacent to an activating group) is 1. The quantitative estimate of drug-likeness (QED) is 0.0197. The maximum atomic E-state index is 12.7. The van der Waals surface area contributed by atoms with Crippen LogP contribution in [0.15, 0.2) is 72.9 Å². The molecule has 62 heavy (non-hydrogen) atoms. The van der Waals surface area contributed by atoms with Crippen LogP contribution in [-0.2, 0) is 27.9 Å². The summed E-state index contributed by atoms with van der Waals surface area (Å²) in [6.45, 7) is 5.24. The highest BCUT2D eigenvalue weighted by atomic mass is 31.2. The van der Waals surface area contributed by atoms with Crippen LogP contribution in [-0.4, -0.2) is 70.7 Å². The van der Waals surface area contributed by atoms with Crippen molar-refractivity contribution in [3.05, 3.63) is 72.9 Å². The summed E-state index contributed by atoms with van der Waals surface area (Å²) >= 11 is 0. The number of ether oxygens (including phenoxy) is 2. The Kier molecular flexibility index (Phi) is 44.0. The van der Waals surface area contributed by atoms with Crippen molar-refractivity contribution in [1.29, 1.82) is 0 Å². The smallest absolute Gasteiger partial charge is 0.306 e. The second-order valence-electron chi connectivity index (χ2n) is 17.8. The van der Waals surface area contributed by atoms with Gasteiger partial charge < -0.3 is 27.9 Å². The third-order valence-corrected chi connectivity index (χ3v) is 11.5. The summed E-state index contributed by atoms with van der Waals surface area (Å²) < 4.78 is 34.7. The van der Waals surface area contributed by atoms with Crippen molar-refractivity contribution in [2.45, 2.75) is 206 Å². The molecule has 8 nitrogen and oxygen atoms in total. The van der Waals surface area contributed by atoms with E-state index >= 15 is 0 Å². The minimum atomic E-state index is -4.54. The number of carbonyl (C=O) groups excluding carboxylic acids is 1. The molecule has 2 unspecified atom stereocenters. The first-order valence-electron chi connectivity index (χ1n) is 25.2. The largest absolute Gasteiger partial charge is 0.756 e. The van der Waals surface area contributed by atoms with Crippen molar-refractivity contribution >= 4 is 13.8 Å². The van der Waals surface area contributed by atoms with Gasteiger partial charge in [0.25, 0.3) is 7.82 Å². The van der Waals surface area contributed by atoms with E-state index in [4.69, 9.17) is 18.5 Å². The first-order chi connectivity index (χ1) is 30.1. The van der Waals surface area contributed by atoms with Gasteiger partial charge in [-0.3, -0.25) is 9.36 Å². The molecule has 0 rings (SSSR count). The van der Waals surface area contributed by atoms with Gasteiger partial charge in [0.2, 0.25) is 0 Å². The molecular formula is C53H96NO7P. The van der Waals surface area contributed by atoms with Gasteiger partial charge in [0.15, 0.2) is 0 Å². The first-order valence-corrected chi connectivity index (χ1v) is 26.6. The van der Waals surface area contributed by atoms with E-state index in [1.54, 1.807) is 0 Å². The number of carbonyl (C=O) groups is 1. The number of rotatable bonds is 46. The molecule has 0 radical (unpaired) electrons. The minimum absolute atomic E-state index is 0.0208. The van der Waals surface area contributed by atoms with Crippen LogP contribution >= 0.6 is 7.82 Å². The molecule has 0 aliphatic heterocycles. The van der Waals surface area contributed by atoms with E-state index < -0.39 is 13.9 Å². The van der Waals surface area contributed by atoms with Crippen molar-refractivity contribution in [2.75, 3.05) is 54.1 Å². The van der Waals surface area contributed by atoms with Crippen LogP contribution in [0.3, 0.4) is 0 Å². The number of allylic oxidation sites excluding steroid dienone is 12. The Morgan fingerprint density at radius 3 is 1.40 bits per heavy atom. The van der Waals surface area contributed by atoms with Gasteiger partial charge in [-0.2, -0.15) is 0 Å². The highest BCUT2D eigenvalue weighted by Crippen LogP contribution is 2.38. The van der Waals surface area contributed by atoms with Crippen LogP contribution in [0.5, 0.6) is 0 Å². The normalized spacial score (nSPS) is 14.2. The molecule has 9 heteroatoms. The zero-order valence-electron chi connectivity index (χ0n) is 40.8. The monoisotopic (exact) mass is 890 g/mol. The van der Waals surface area contributed by atoms with Gasteiger partial charge >= 0.3 is 5.97 Å². The van der Waals surface area contributed by atoms with Crippen LogP contribution in [0.1, 0.15) is 200 Å². The standard InChI is InChI=1S/C53H96NO7P/c1-6-8-10-12-14-16-18-20-22-23-24-25-26-27-28-29-30-31-32-34-36-38-40-42-44-46-53(55)61-52(51-60-62(56,57)59-49-47-54(3,4)5)50-58-48-45-43-41-39-37-35-33-21-19-17-15-13-11-9-7-2/h8,10,13-16,19-22,24-25,52H,6-7,9,11-12,17-18,23,26-51H2,1-5H3/b10-8-,15-13-,16-14-,21-19-,22-20-,25-24-. The van der Waals surface area contributed by atoms with Crippen LogP contribution in [0.25, 0.3) is 0 Å². The van der Waals surface area contributed by atoms with Gasteiger partial charge in [-0.15, -0.1) is 0 Å². The zero-order valence-corrected chi connectivity index (χ0v) is 41.7. The van der Waals surface area contributed by atoms with Gasteiger partial charge in [0.1, 0.15) is 19.3 Å². The van der Waals surface area contributed by atoms with Crippen LogP contribution in [0, 0.1) is 0 Å². The fourth-order valence-electron chi connectivity index (χ4n) is 6.61. The lowest BCUT2D eigenvalue weighted by Gasteiger charge is -2.28. The molecule has 0 fully saturated rings. The predicted molar refractivity (Wildman–Crippen MR) is 263 cm³/mol. The summed E-state index contributed by atoms with van der Waals surface area (Å²) in [6, 6.07) is 0. The number of unbranched alkanes of at least 4 members (excludes halogenated alkanes) is 20. The molecule has 0 saturated carbocycles. The van der Waals surface area contributed by atoms with E-state index in [-0.39, 0.29) is 25.8 Å². The maximum Gasteiger partial charge on any atom is 0.306 e. The van der Waals surface area contributed by atoms with Gasteiger partial charge in [-0.1, -0.05) is 189 Å². The van der Waals surface area contributed by atoms with E-state index in [1.165, 1.54) is 103 Å². The Morgan fingerprint density at radius 2 is 0.935 bits per heavy atom. The Bertz CT molecular complexity index is 1220. The van der Waals surface area contributed by atoms with E-state index in [1.807, 2.05) is 21.1 Å². The summed E-state index contributed by atoms with van der Waals surface area (Å²) in [5.41, 5.74) is 0. The van der Waals surface area contributed by atoms with Crippen molar-refractivity contribution in [3.8, 4) is 0 Å². The second kappa shape index (κ2) is 45.5. The minimum Gasteiger partial charge on any atom is -0.756 e. The van der Waals surface area contributed by atoms with Crippen molar-refractivity contribution in [2.24, 2.45) is 0 Å². The Balaban J connectivity index is 4.13. The summed E-state index contributed by atoms with van der Waals surface area (Å²) in [6.07, 6.45) is 59.2. The number of esters is 1. The third-order valence-electron chi connectivity index (χ3n) is 10.5. The van der Waals surface area contributed by atoms with Gasteiger partial charge in [-0.25, -0.2) is 0 Å². The summed E-state index contributed by atoms with van der Waals surface area (Å²) in [4.78, 5) is 25.2. The van der Waals surface area contributed by atoms with Crippen LogP contribution in [0.2, 0.25) is 0 Å². The lowest BCUT2D eigenvalue weighted by Crippen LogP contribution is -2.37. The van der Waals surface area contributed by atoms with E-state index in [9.17, 15) is 14.3 Å². The summed E-state index contributed by atoms with van der Waals surface area (Å²) in [5.74, 6) is -0.342. The fraction of sp³-hybridized carbons (Fsp3) is 0.755. The molecule has 0 bridgehead atoms. The lowest BCUT2D eigenvalue weighted by atomic mass is 10.0. The number of quaternary nitrogens is 1. The third kappa shape index (κ3) is 49.0. The van der Waals surface area contributed by atoms with Gasteiger partial charge in [0.05, 0.1) is 34.4 Å². The molecule has 0 aromatic rings. The molecule has 360 valence electrons. The van der Waals surface area contributed by atoms with Crippen molar-refractivity contribution in [1.82, 2.24) is 0 Å². The highest BCUT2D eigenvalue weighted by molar-refractivity contribution is 7.45. The Labute approximate surface area is 383 Å². The number of hydrogen-bond donors (Lipinski definition) is 0. The molecule has 0 saturated heterocycles. The molecule has 0 N–H and O–H groups in total. The Morgan fingerprint density at radius 1 is 0.516 bits per heavy atom. The van der Waals surface area contributed by atoms with E-state index in [0.29, 0.717) is 24.1 Å². The van der Waals surface area contributed by atoms with Gasteiger partial charge in [0, 0.05) is 13.0 Å². The van der Waals surface area contributed by atoms with Crippen molar-refractivity contribution in [3.63, 3.8) is 0 Å². The van der Waals surface area contributed by atoms with Crippen LogP contribution in [0.4, 0.5) is 0 Å². The highest BCUT2D eigenvalue weighted by Gasteiger charge is 2.20. The SMILES string of the molecule is CC/C=C\C/C=C\C/C=C\C/C=C\CCCCCCCCCCCCCCC(=O)OC(COCCCCCCCC/C=C\C/C=C\CCCC)COP(=O)([O-])OCC[N+](C)(C)C. The average molecular weight is 890 g/mol. The molecule has 2 atom stereocenters. The molecule has 0 aromatic heterocycles. The fourth-order valence-corrected chi connectivity index (χ4v) is 7.34. The van der Waals surface area contributed by atoms with E-state index in [2.05, 4.69) is 86.8 Å². The number of nitrogens with zero attached hydrogens (tertiary/aromatic N) is 1.